The van der Waals surface area contributed by atoms with Crippen LogP contribution in [0.15, 0.2) is 54.3 Å². The van der Waals surface area contributed by atoms with E-state index < -0.39 is 6.04 Å². The third-order valence-electron chi connectivity index (χ3n) is 6.64. The van der Waals surface area contributed by atoms with Crippen LogP contribution >= 0.6 is 11.3 Å². The normalized spacial score (nSPS) is 15.1. The molecule has 1 unspecified atom stereocenters. The fraction of sp³-hybridized carbons (Fsp3) is 0.192. The van der Waals surface area contributed by atoms with E-state index in [0.717, 1.165) is 32.9 Å². The second-order valence-corrected chi connectivity index (χ2v) is 9.69. The highest BCUT2D eigenvalue weighted by Gasteiger charge is 2.38. The van der Waals surface area contributed by atoms with Crippen molar-refractivity contribution in [3.63, 3.8) is 0 Å². The number of nitrogens with one attached hydrogen (secondary N) is 3. The molecule has 9 nitrogen and oxygen atoms in total. The summed E-state index contributed by atoms with van der Waals surface area (Å²) in [5.41, 5.74) is 6.41. The highest BCUT2D eigenvalue weighted by Crippen LogP contribution is 2.33. The minimum Gasteiger partial charge on any atom is -0.380 e. The van der Waals surface area contributed by atoms with Crippen molar-refractivity contribution in [2.75, 3.05) is 12.4 Å². The molecule has 3 N–H and O–H groups in total. The first-order valence-corrected chi connectivity index (χ1v) is 12.6. The molecule has 37 heavy (non-hydrogen) atoms. The fourth-order valence-electron chi connectivity index (χ4n) is 4.84. The first-order chi connectivity index (χ1) is 18.0. The van der Waals surface area contributed by atoms with Gasteiger partial charge >= 0.3 is 0 Å². The molecule has 4 heterocycles. The number of aromatic nitrogens is 4. The molecule has 3 aromatic heterocycles. The summed E-state index contributed by atoms with van der Waals surface area (Å²) < 4.78 is 14.6. The van der Waals surface area contributed by atoms with Gasteiger partial charge in [-0.2, -0.15) is 0 Å². The van der Waals surface area contributed by atoms with Crippen LogP contribution in [0.25, 0.3) is 21.9 Å². The number of carbonyl (C=O) groups excluding carboxylic acids is 2. The zero-order valence-corrected chi connectivity index (χ0v) is 20.6. The number of carbonyl (C=O) groups is 2. The number of hydrogen-bond acceptors (Lipinski definition) is 7. The van der Waals surface area contributed by atoms with Gasteiger partial charge in [-0.15, -0.1) is 11.3 Å². The SMILES string of the molecule is CNC(=O)C1Cc2c([nH]c3cccc(F)c23)CN1C(=O)c1ncsc1CNc1ccc2nccnc2c1. The Morgan fingerprint density at radius 1 is 1.16 bits per heavy atom. The molecule has 2 amide bonds. The maximum Gasteiger partial charge on any atom is 0.274 e. The largest absolute Gasteiger partial charge is 0.380 e. The molecule has 0 saturated heterocycles. The summed E-state index contributed by atoms with van der Waals surface area (Å²) in [6, 6.07) is 9.72. The van der Waals surface area contributed by atoms with Crippen LogP contribution in [-0.4, -0.2) is 49.7 Å². The molecule has 11 heteroatoms. The van der Waals surface area contributed by atoms with Gasteiger partial charge in [-0.3, -0.25) is 19.6 Å². The predicted molar refractivity (Wildman–Crippen MR) is 139 cm³/mol. The lowest BCUT2D eigenvalue weighted by molar-refractivity contribution is -0.125. The Balaban J connectivity index is 1.28. The standard InChI is InChI=1S/C26H22FN7O2S/c1-28-25(35)21-10-15-20(33-18-4-2-3-16(27)23(15)18)12-34(21)26(36)24-22(37-13-32-24)11-31-14-5-6-17-19(9-14)30-8-7-29-17/h2-9,13,21,31,33H,10-12H2,1H3,(H,28,35). The molecule has 0 radical (unpaired) electrons. The van der Waals surface area contributed by atoms with Crippen LogP contribution in [0.5, 0.6) is 0 Å². The first kappa shape index (κ1) is 23.0. The van der Waals surface area contributed by atoms with E-state index in [4.69, 9.17) is 0 Å². The molecule has 1 aliphatic rings. The maximum atomic E-state index is 14.6. The highest BCUT2D eigenvalue weighted by atomic mass is 32.1. The van der Waals surface area contributed by atoms with E-state index >= 15 is 0 Å². The number of rotatable bonds is 5. The van der Waals surface area contributed by atoms with E-state index in [0.29, 0.717) is 17.4 Å². The van der Waals surface area contributed by atoms with Gasteiger partial charge in [0.2, 0.25) is 5.91 Å². The lowest BCUT2D eigenvalue weighted by Gasteiger charge is -2.34. The van der Waals surface area contributed by atoms with E-state index in [1.807, 2.05) is 18.2 Å². The van der Waals surface area contributed by atoms with Crippen molar-refractivity contribution in [2.45, 2.75) is 25.6 Å². The zero-order valence-electron chi connectivity index (χ0n) is 19.8. The maximum absolute atomic E-state index is 14.6. The summed E-state index contributed by atoms with van der Waals surface area (Å²) in [5.74, 6) is -1.00. The molecule has 5 aromatic rings. The van der Waals surface area contributed by atoms with Gasteiger partial charge in [-0.25, -0.2) is 9.37 Å². The monoisotopic (exact) mass is 515 g/mol. The van der Waals surface area contributed by atoms with Gasteiger partial charge in [0.25, 0.3) is 5.91 Å². The third kappa shape index (κ3) is 4.06. The Morgan fingerprint density at radius 3 is 2.84 bits per heavy atom. The van der Waals surface area contributed by atoms with E-state index in [1.165, 1.54) is 29.4 Å². The molecular weight excluding hydrogens is 493 g/mol. The van der Waals surface area contributed by atoms with Crippen LogP contribution in [0.1, 0.15) is 26.6 Å². The summed E-state index contributed by atoms with van der Waals surface area (Å²) in [6.45, 7) is 0.521. The van der Waals surface area contributed by atoms with Crippen molar-refractivity contribution >= 4 is 50.8 Å². The fourth-order valence-corrected chi connectivity index (χ4v) is 5.54. The van der Waals surface area contributed by atoms with Crippen LogP contribution in [0.2, 0.25) is 0 Å². The van der Waals surface area contributed by atoms with Crippen molar-refractivity contribution in [3.05, 3.63) is 81.9 Å². The Kier molecular flexibility index (Phi) is 5.76. The third-order valence-corrected chi connectivity index (χ3v) is 7.48. The quantitative estimate of drug-likeness (QED) is 0.329. The van der Waals surface area contributed by atoms with E-state index in [1.54, 1.807) is 30.0 Å². The van der Waals surface area contributed by atoms with Gasteiger partial charge in [0, 0.05) is 48.1 Å². The number of H-pyrrole nitrogens is 1. The summed E-state index contributed by atoms with van der Waals surface area (Å²) in [4.78, 5) is 45.1. The minimum absolute atomic E-state index is 0.147. The molecular formula is C26H22FN7O2S. The van der Waals surface area contributed by atoms with Crippen molar-refractivity contribution in [1.29, 1.82) is 0 Å². The Bertz CT molecular complexity index is 1660. The van der Waals surface area contributed by atoms with Gasteiger partial charge in [-0.1, -0.05) is 6.07 Å². The number of benzene rings is 2. The van der Waals surface area contributed by atoms with Crippen LogP contribution in [0, 0.1) is 5.82 Å². The van der Waals surface area contributed by atoms with E-state index in [9.17, 15) is 14.0 Å². The molecule has 6 rings (SSSR count). The van der Waals surface area contributed by atoms with Crippen LogP contribution in [0.3, 0.4) is 0 Å². The highest BCUT2D eigenvalue weighted by molar-refractivity contribution is 7.10. The number of fused-ring (bicyclic) bond motifs is 4. The molecule has 0 bridgehead atoms. The molecule has 186 valence electrons. The van der Waals surface area contributed by atoms with Gasteiger partial charge in [0.1, 0.15) is 17.6 Å². The Hall–Kier alpha value is -4.38. The number of likely N-dealkylation sites (N-methyl/N-ethyl adjacent to an activating group) is 1. The molecule has 0 fully saturated rings. The smallest absolute Gasteiger partial charge is 0.274 e. The molecule has 1 aliphatic heterocycles. The Labute approximate surface area is 214 Å². The summed E-state index contributed by atoms with van der Waals surface area (Å²) in [5, 5.41) is 6.44. The summed E-state index contributed by atoms with van der Waals surface area (Å²) in [6.07, 6.45) is 3.49. The van der Waals surface area contributed by atoms with Crippen molar-refractivity contribution in [1.82, 2.24) is 30.2 Å². The number of thiazole rings is 1. The van der Waals surface area contributed by atoms with Crippen LogP contribution in [0.4, 0.5) is 10.1 Å². The van der Waals surface area contributed by atoms with Gasteiger partial charge in [0.15, 0.2) is 0 Å². The van der Waals surface area contributed by atoms with Crippen molar-refractivity contribution in [3.8, 4) is 0 Å². The van der Waals surface area contributed by atoms with Crippen molar-refractivity contribution in [2.24, 2.45) is 0 Å². The molecule has 1 atom stereocenters. The van der Waals surface area contributed by atoms with Crippen LogP contribution < -0.4 is 10.6 Å². The van der Waals surface area contributed by atoms with Crippen LogP contribution in [-0.2, 0) is 24.3 Å². The topological polar surface area (TPSA) is 116 Å². The number of halogens is 1. The number of anilines is 1. The van der Waals surface area contributed by atoms with Gasteiger partial charge in [0.05, 0.1) is 34.5 Å². The summed E-state index contributed by atoms with van der Waals surface area (Å²) >= 11 is 1.36. The molecule has 0 spiro atoms. The summed E-state index contributed by atoms with van der Waals surface area (Å²) in [7, 11) is 1.53. The zero-order chi connectivity index (χ0) is 25.5. The Morgan fingerprint density at radius 2 is 2.00 bits per heavy atom. The van der Waals surface area contributed by atoms with Gasteiger partial charge in [-0.05, 0) is 35.9 Å². The lowest BCUT2D eigenvalue weighted by Crippen LogP contribution is -2.52. The molecule has 0 aliphatic carbocycles. The predicted octanol–water partition coefficient (Wildman–Crippen LogP) is 3.63. The number of aromatic amines is 1. The van der Waals surface area contributed by atoms with E-state index in [2.05, 4.69) is 30.6 Å². The lowest BCUT2D eigenvalue weighted by atomic mass is 9.95. The number of hydrogen-bond donors (Lipinski definition) is 3. The van der Waals surface area contributed by atoms with Crippen molar-refractivity contribution < 1.29 is 14.0 Å². The number of amides is 2. The average Bonchev–Trinajstić information content (AvgIpc) is 3.55. The van der Waals surface area contributed by atoms with Gasteiger partial charge < -0.3 is 20.5 Å². The molecule has 2 aromatic carbocycles. The first-order valence-electron chi connectivity index (χ1n) is 11.7. The second kappa shape index (κ2) is 9.25. The average molecular weight is 516 g/mol. The van der Waals surface area contributed by atoms with E-state index in [-0.39, 0.29) is 36.3 Å². The molecule has 0 saturated carbocycles. The second-order valence-electron chi connectivity index (χ2n) is 8.75. The number of nitrogens with zero attached hydrogens (tertiary/aromatic N) is 4. The minimum atomic E-state index is -0.787.